The van der Waals surface area contributed by atoms with E-state index in [1.165, 1.54) is 19.4 Å². The molecular weight excluding hydrogens is 190 g/mol. The number of nitrogens with two attached hydrogens (primary N) is 1. The molecule has 0 bridgehead atoms. The zero-order valence-electron chi connectivity index (χ0n) is 9.06. The molecule has 4 nitrogen and oxygen atoms in total. The third kappa shape index (κ3) is 3.04. The smallest absolute Gasteiger partial charge is 0.150 e. The van der Waals surface area contributed by atoms with Crippen molar-refractivity contribution in [3.63, 3.8) is 0 Å². The van der Waals surface area contributed by atoms with Crippen LogP contribution in [-0.4, -0.2) is 29.7 Å². The van der Waals surface area contributed by atoms with Crippen molar-refractivity contribution in [2.75, 3.05) is 19.6 Å². The molecule has 1 unspecified atom stereocenters. The van der Waals surface area contributed by atoms with Gasteiger partial charge in [0.2, 0.25) is 0 Å². The molecule has 0 spiro atoms. The Labute approximate surface area is 90.4 Å². The average molecular weight is 209 g/mol. The molecule has 1 saturated heterocycles. The van der Waals surface area contributed by atoms with E-state index in [-0.39, 0.29) is 0 Å². The van der Waals surface area contributed by atoms with Crippen LogP contribution < -0.4 is 5.73 Å². The quantitative estimate of drug-likeness (QED) is 0.810. The second kappa shape index (κ2) is 5.28. The molecule has 0 amide bonds. The highest BCUT2D eigenvalue weighted by molar-refractivity contribution is 4.93. The third-order valence-corrected chi connectivity index (χ3v) is 3.05. The Morgan fingerprint density at radius 2 is 2.53 bits per heavy atom. The second-order valence-electron chi connectivity index (χ2n) is 4.30. The van der Waals surface area contributed by atoms with Crippen LogP contribution in [0.3, 0.4) is 0 Å². The first-order chi connectivity index (χ1) is 7.38. The van der Waals surface area contributed by atoms with Crippen LogP contribution in [0.4, 0.5) is 0 Å². The summed E-state index contributed by atoms with van der Waals surface area (Å²) >= 11 is 0. The lowest BCUT2D eigenvalue weighted by molar-refractivity contribution is 0.149. The van der Waals surface area contributed by atoms with Crippen molar-refractivity contribution >= 4 is 0 Å². The van der Waals surface area contributed by atoms with Gasteiger partial charge in [0, 0.05) is 12.6 Å². The van der Waals surface area contributed by atoms with E-state index in [9.17, 15) is 0 Å². The monoisotopic (exact) mass is 209 g/mol. The van der Waals surface area contributed by atoms with Gasteiger partial charge in [0.15, 0.2) is 5.76 Å². The molecule has 0 saturated carbocycles. The first kappa shape index (κ1) is 10.6. The predicted molar refractivity (Wildman–Crippen MR) is 58.2 cm³/mol. The molecule has 1 aromatic heterocycles. The molecule has 1 aliphatic rings. The maximum absolute atomic E-state index is 5.59. The largest absolute Gasteiger partial charge is 0.360 e. The van der Waals surface area contributed by atoms with Crippen LogP contribution in [0.2, 0.25) is 0 Å². The van der Waals surface area contributed by atoms with Gasteiger partial charge >= 0.3 is 0 Å². The Bertz CT molecular complexity index is 271. The lowest BCUT2D eigenvalue weighted by Crippen LogP contribution is -2.35. The SMILES string of the molecule is NCCC1CCCN(Cc2ccno2)C1. The van der Waals surface area contributed by atoms with Gasteiger partial charge in [0.05, 0.1) is 12.7 Å². The average Bonchev–Trinajstić information content (AvgIpc) is 2.71. The summed E-state index contributed by atoms with van der Waals surface area (Å²) in [6.07, 6.45) is 5.45. The lowest BCUT2D eigenvalue weighted by Gasteiger charge is -2.31. The first-order valence-corrected chi connectivity index (χ1v) is 5.70. The third-order valence-electron chi connectivity index (χ3n) is 3.05. The van der Waals surface area contributed by atoms with Crippen molar-refractivity contribution in [1.29, 1.82) is 0 Å². The van der Waals surface area contributed by atoms with E-state index in [0.717, 1.165) is 37.7 Å². The molecule has 0 aliphatic carbocycles. The van der Waals surface area contributed by atoms with Gasteiger partial charge in [-0.2, -0.15) is 0 Å². The number of nitrogens with zero attached hydrogens (tertiary/aromatic N) is 2. The van der Waals surface area contributed by atoms with Gasteiger partial charge in [-0.25, -0.2) is 0 Å². The van der Waals surface area contributed by atoms with Gasteiger partial charge in [-0.1, -0.05) is 5.16 Å². The molecule has 15 heavy (non-hydrogen) atoms. The van der Waals surface area contributed by atoms with E-state index < -0.39 is 0 Å². The summed E-state index contributed by atoms with van der Waals surface area (Å²) in [5, 5.41) is 3.72. The van der Waals surface area contributed by atoms with Crippen molar-refractivity contribution in [2.24, 2.45) is 11.7 Å². The number of likely N-dealkylation sites (tertiary alicyclic amines) is 1. The van der Waals surface area contributed by atoms with E-state index in [2.05, 4.69) is 10.1 Å². The standard InChI is InChI=1S/C11H19N3O/c12-5-3-10-2-1-7-14(8-10)9-11-4-6-13-15-11/h4,6,10H,1-3,5,7-9,12H2. The predicted octanol–water partition coefficient (Wildman–Crippen LogP) is 1.24. The highest BCUT2D eigenvalue weighted by atomic mass is 16.5. The molecule has 1 aliphatic heterocycles. The van der Waals surface area contributed by atoms with Gasteiger partial charge < -0.3 is 10.3 Å². The zero-order valence-corrected chi connectivity index (χ0v) is 9.06. The summed E-state index contributed by atoms with van der Waals surface area (Å²) in [4.78, 5) is 2.43. The van der Waals surface area contributed by atoms with Crippen molar-refractivity contribution in [1.82, 2.24) is 10.1 Å². The fourth-order valence-corrected chi connectivity index (χ4v) is 2.31. The Kier molecular flexibility index (Phi) is 3.75. The maximum Gasteiger partial charge on any atom is 0.150 e. The van der Waals surface area contributed by atoms with Crippen LogP contribution in [0.5, 0.6) is 0 Å². The molecule has 0 radical (unpaired) electrons. The number of hydrogen-bond acceptors (Lipinski definition) is 4. The van der Waals surface area contributed by atoms with Gasteiger partial charge in [-0.05, 0) is 38.3 Å². The van der Waals surface area contributed by atoms with E-state index in [0.29, 0.717) is 0 Å². The number of hydrogen-bond donors (Lipinski definition) is 1. The number of piperidine rings is 1. The Morgan fingerprint density at radius 3 is 3.27 bits per heavy atom. The normalized spacial score (nSPS) is 23.1. The minimum Gasteiger partial charge on any atom is -0.360 e. The van der Waals surface area contributed by atoms with Crippen LogP contribution in [0.25, 0.3) is 0 Å². The van der Waals surface area contributed by atoms with Crippen LogP contribution >= 0.6 is 0 Å². The first-order valence-electron chi connectivity index (χ1n) is 5.70. The Hall–Kier alpha value is -0.870. The minimum absolute atomic E-state index is 0.770. The van der Waals surface area contributed by atoms with Crippen LogP contribution in [0.15, 0.2) is 16.8 Å². The molecule has 84 valence electrons. The second-order valence-corrected chi connectivity index (χ2v) is 4.30. The molecule has 1 atom stereocenters. The van der Waals surface area contributed by atoms with E-state index >= 15 is 0 Å². The molecule has 1 aromatic rings. The number of aromatic nitrogens is 1. The van der Waals surface area contributed by atoms with Crippen molar-refractivity contribution < 1.29 is 4.52 Å². The van der Waals surface area contributed by atoms with Gasteiger partial charge in [-0.3, -0.25) is 4.90 Å². The topological polar surface area (TPSA) is 55.3 Å². The van der Waals surface area contributed by atoms with Gasteiger partial charge in [0.25, 0.3) is 0 Å². The molecule has 1 fully saturated rings. The summed E-state index contributed by atoms with van der Waals surface area (Å²) < 4.78 is 5.12. The fourth-order valence-electron chi connectivity index (χ4n) is 2.31. The molecule has 2 N–H and O–H groups in total. The highest BCUT2D eigenvalue weighted by Crippen LogP contribution is 2.20. The van der Waals surface area contributed by atoms with E-state index in [1.807, 2.05) is 6.07 Å². The highest BCUT2D eigenvalue weighted by Gasteiger charge is 2.19. The summed E-state index contributed by atoms with van der Waals surface area (Å²) in [7, 11) is 0. The number of rotatable bonds is 4. The summed E-state index contributed by atoms with van der Waals surface area (Å²) in [5.41, 5.74) is 5.59. The van der Waals surface area contributed by atoms with Crippen molar-refractivity contribution in [3.05, 3.63) is 18.0 Å². The summed E-state index contributed by atoms with van der Waals surface area (Å²) in [5.74, 6) is 1.73. The fraction of sp³-hybridized carbons (Fsp3) is 0.727. The minimum atomic E-state index is 0.770. The molecule has 4 heteroatoms. The summed E-state index contributed by atoms with van der Waals surface area (Å²) in [6, 6.07) is 1.94. The Balaban J connectivity index is 1.82. The molecule has 2 rings (SSSR count). The van der Waals surface area contributed by atoms with E-state index in [1.54, 1.807) is 6.20 Å². The van der Waals surface area contributed by atoms with Gasteiger partial charge in [0.1, 0.15) is 0 Å². The van der Waals surface area contributed by atoms with Crippen LogP contribution in [0.1, 0.15) is 25.0 Å². The summed E-state index contributed by atoms with van der Waals surface area (Å²) in [6.45, 7) is 4.02. The van der Waals surface area contributed by atoms with Crippen molar-refractivity contribution in [2.45, 2.75) is 25.8 Å². The van der Waals surface area contributed by atoms with Crippen LogP contribution in [0, 0.1) is 5.92 Å². The van der Waals surface area contributed by atoms with Crippen LogP contribution in [-0.2, 0) is 6.54 Å². The maximum atomic E-state index is 5.59. The molecular formula is C11H19N3O. The van der Waals surface area contributed by atoms with Gasteiger partial charge in [-0.15, -0.1) is 0 Å². The zero-order chi connectivity index (χ0) is 10.5. The van der Waals surface area contributed by atoms with E-state index in [4.69, 9.17) is 10.3 Å². The Morgan fingerprint density at radius 1 is 1.60 bits per heavy atom. The molecule has 0 aromatic carbocycles. The lowest BCUT2D eigenvalue weighted by atomic mass is 9.95. The van der Waals surface area contributed by atoms with Crippen molar-refractivity contribution in [3.8, 4) is 0 Å². The molecule has 2 heterocycles.